The van der Waals surface area contributed by atoms with E-state index in [2.05, 4.69) is 46.4 Å². The Hall–Kier alpha value is -2.24. The fourth-order valence-electron chi connectivity index (χ4n) is 3.30. The Balaban J connectivity index is 2.47. The van der Waals surface area contributed by atoms with Crippen molar-refractivity contribution >= 4 is 29.3 Å². The van der Waals surface area contributed by atoms with E-state index in [0.717, 1.165) is 24.8 Å². The maximum absolute atomic E-state index is 12.0. The molecule has 2 unspecified atom stereocenters. The third-order valence-corrected chi connectivity index (χ3v) is 4.64. The van der Waals surface area contributed by atoms with Crippen LogP contribution in [-0.2, 0) is 9.53 Å². The summed E-state index contributed by atoms with van der Waals surface area (Å²) >= 11 is 4.62. The van der Waals surface area contributed by atoms with E-state index in [9.17, 15) is 4.79 Å². The van der Waals surface area contributed by atoms with E-state index in [4.69, 9.17) is 15.9 Å². The summed E-state index contributed by atoms with van der Waals surface area (Å²) in [5.41, 5.74) is 7.53. The molecule has 148 valence electrons. The molecule has 0 heterocycles. The SMILES string of the molecule is C=C1C=C(/C=C\C)C(CCCN=C=S)C1CCC(=O)OCCCNC(=N)N. The minimum atomic E-state index is -0.200. The number of allylic oxidation sites excluding steroid dienone is 5. The zero-order chi connectivity index (χ0) is 20.1. The summed E-state index contributed by atoms with van der Waals surface area (Å²) in [7, 11) is 0. The molecule has 0 radical (unpaired) electrons. The number of aliphatic imine (C=N–C) groups is 1. The van der Waals surface area contributed by atoms with Crippen molar-refractivity contribution in [2.24, 2.45) is 22.6 Å². The van der Waals surface area contributed by atoms with E-state index < -0.39 is 0 Å². The number of carbonyl (C=O) groups excluding carboxylic acids is 1. The van der Waals surface area contributed by atoms with Gasteiger partial charge < -0.3 is 15.8 Å². The summed E-state index contributed by atoms with van der Waals surface area (Å²) in [6.07, 6.45) is 9.92. The van der Waals surface area contributed by atoms with Gasteiger partial charge in [0, 0.05) is 19.5 Å². The predicted octanol–water partition coefficient (Wildman–Crippen LogP) is 3.37. The van der Waals surface area contributed by atoms with Crippen LogP contribution in [0.25, 0.3) is 0 Å². The first-order valence-electron chi connectivity index (χ1n) is 9.29. The van der Waals surface area contributed by atoms with Gasteiger partial charge >= 0.3 is 5.97 Å². The third-order valence-electron chi connectivity index (χ3n) is 4.51. The van der Waals surface area contributed by atoms with Crippen molar-refractivity contribution in [1.82, 2.24) is 5.32 Å². The topological polar surface area (TPSA) is 101 Å². The molecule has 1 rings (SSSR count). The van der Waals surface area contributed by atoms with Crippen LogP contribution < -0.4 is 11.1 Å². The quantitative estimate of drug-likeness (QED) is 0.156. The lowest BCUT2D eigenvalue weighted by Gasteiger charge is -2.22. The second-order valence-corrected chi connectivity index (χ2v) is 6.68. The highest BCUT2D eigenvalue weighted by Gasteiger charge is 2.31. The van der Waals surface area contributed by atoms with E-state index >= 15 is 0 Å². The largest absolute Gasteiger partial charge is 0.466 e. The number of thiocarbonyl (C=S) groups is 1. The summed E-state index contributed by atoms with van der Waals surface area (Å²) in [6, 6.07) is 0. The molecule has 0 aromatic rings. The van der Waals surface area contributed by atoms with Crippen molar-refractivity contribution in [3.63, 3.8) is 0 Å². The fourth-order valence-corrected chi connectivity index (χ4v) is 3.39. The van der Waals surface area contributed by atoms with Gasteiger partial charge in [-0.1, -0.05) is 30.4 Å². The molecule has 0 bridgehead atoms. The first kappa shape index (κ1) is 22.8. The molecule has 6 nitrogen and oxygen atoms in total. The highest BCUT2D eigenvalue weighted by Crippen LogP contribution is 2.41. The van der Waals surface area contributed by atoms with Crippen LogP contribution in [0.1, 0.15) is 39.0 Å². The number of isothiocyanates is 1. The number of guanidine groups is 1. The molecule has 0 aromatic heterocycles. The molecular weight excluding hydrogens is 360 g/mol. The molecule has 0 fully saturated rings. The zero-order valence-electron chi connectivity index (χ0n) is 16.0. The highest BCUT2D eigenvalue weighted by atomic mass is 32.1. The molecule has 4 N–H and O–H groups in total. The molecule has 0 aromatic carbocycles. The maximum atomic E-state index is 12.0. The van der Waals surface area contributed by atoms with Crippen molar-refractivity contribution in [2.75, 3.05) is 19.7 Å². The Labute approximate surface area is 167 Å². The van der Waals surface area contributed by atoms with Crippen LogP contribution in [0.4, 0.5) is 0 Å². The van der Waals surface area contributed by atoms with Gasteiger partial charge in [-0.25, -0.2) is 4.99 Å². The third kappa shape index (κ3) is 8.80. The Morgan fingerprint density at radius 1 is 1.48 bits per heavy atom. The van der Waals surface area contributed by atoms with Crippen LogP contribution in [0, 0.1) is 17.2 Å². The standard InChI is InChI=1S/C20H30N4O2S/c1-3-6-16-13-15(2)17(18(16)7-4-10-23-14-27)8-9-19(25)26-12-5-11-24-20(21)22/h3,6,13,17-18H,2,4-5,7-12H2,1H3,(H4,21,22,24)/b6-3-. The molecule has 0 amide bonds. The summed E-state index contributed by atoms with van der Waals surface area (Å²) < 4.78 is 5.26. The van der Waals surface area contributed by atoms with Gasteiger partial charge in [0.2, 0.25) is 0 Å². The second-order valence-electron chi connectivity index (χ2n) is 6.50. The Morgan fingerprint density at radius 2 is 2.26 bits per heavy atom. The van der Waals surface area contributed by atoms with Gasteiger partial charge in [0.15, 0.2) is 5.96 Å². The van der Waals surface area contributed by atoms with Crippen molar-refractivity contribution in [1.29, 1.82) is 5.41 Å². The minimum Gasteiger partial charge on any atom is -0.466 e. The molecule has 0 saturated carbocycles. The lowest BCUT2D eigenvalue weighted by Crippen LogP contribution is -2.31. The minimum absolute atomic E-state index is 0.0761. The van der Waals surface area contributed by atoms with E-state index in [1.807, 2.05) is 13.0 Å². The van der Waals surface area contributed by atoms with Gasteiger partial charge in [0.25, 0.3) is 0 Å². The van der Waals surface area contributed by atoms with Crippen LogP contribution in [0.2, 0.25) is 0 Å². The first-order valence-corrected chi connectivity index (χ1v) is 9.70. The number of ether oxygens (including phenoxy) is 1. The highest BCUT2D eigenvalue weighted by molar-refractivity contribution is 7.78. The Morgan fingerprint density at radius 3 is 2.93 bits per heavy atom. The van der Waals surface area contributed by atoms with E-state index in [1.165, 1.54) is 5.57 Å². The molecule has 7 heteroatoms. The van der Waals surface area contributed by atoms with Crippen LogP contribution in [-0.4, -0.2) is 36.8 Å². The Bertz CT molecular complexity index is 636. The Kier molecular flexibility index (Phi) is 11.0. The number of hydrogen-bond acceptors (Lipinski definition) is 5. The first-order chi connectivity index (χ1) is 13.0. The average molecular weight is 391 g/mol. The van der Waals surface area contributed by atoms with Gasteiger partial charge in [-0.05, 0) is 62.2 Å². The molecule has 0 saturated heterocycles. The van der Waals surface area contributed by atoms with Gasteiger partial charge in [0.1, 0.15) is 0 Å². The van der Waals surface area contributed by atoms with Crippen molar-refractivity contribution in [3.05, 3.63) is 36.0 Å². The number of nitrogens with two attached hydrogens (primary N) is 1. The molecule has 1 aliphatic carbocycles. The zero-order valence-corrected chi connectivity index (χ0v) is 16.8. The lowest BCUT2D eigenvalue weighted by atomic mass is 9.82. The van der Waals surface area contributed by atoms with E-state index in [0.29, 0.717) is 38.5 Å². The molecule has 0 aliphatic heterocycles. The molecule has 1 aliphatic rings. The number of nitrogens with one attached hydrogen (secondary N) is 2. The second kappa shape index (κ2) is 13.0. The van der Waals surface area contributed by atoms with Crippen LogP contribution in [0.15, 0.2) is 40.9 Å². The summed E-state index contributed by atoms with van der Waals surface area (Å²) in [4.78, 5) is 16.0. The molecule has 2 atom stereocenters. The summed E-state index contributed by atoms with van der Waals surface area (Å²) in [5.74, 6) is 0.322. The molecule has 0 spiro atoms. The van der Waals surface area contributed by atoms with Gasteiger partial charge in [-0.15, -0.1) is 0 Å². The van der Waals surface area contributed by atoms with Crippen molar-refractivity contribution in [3.8, 4) is 0 Å². The molecule has 27 heavy (non-hydrogen) atoms. The van der Waals surface area contributed by atoms with Crippen LogP contribution in [0.3, 0.4) is 0 Å². The number of carbonyl (C=O) groups is 1. The predicted molar refractivity (Wildman–Crippen MR) is 113 cm³/mol. The average Bonchev–Trinajstić information content (AvgIpc) is 2.91. The van der Waals surface area contributed by atoms with Gasteiger partial charge in [0.05, 0.1) is 11.8 Å². The smallest absolute Gasteiger partial charge is 0.305 e. The number of hydrogen-bond donors (Lipinski definition) is 3. The maximum Gasteiger partial charge on any atom is 0.305 e. The van der Waals surface area contributed by atoms with Gasteiger partial charge in [-0.3, -0.25) is 10.2 Å². The fraction of sp³-hybridized carbons (Fsp3) is 0.550. The van der Waals surface area contributed by atoms with Gasteiger partial charge in [-0.2, -0.15) is 0 Å². The summed E-state index contributed by atoms with van der Waals surface area (Å²) in [6.45, 7) is 7.71. The number of esters is 1. The van der Waals surface area contributed by atoms with E-state index in [-0.39, 0.29) is 17.8 Å². The molecular formula is C20H30N4O2S. The van der Waals surface area contributed by atoms with Crippen molar-refractivity contribution < 1.29 is 9.53 Å². The monoisotopic (exact) mass is 390 g/mol. The van der Waals surface area contributed by atoms with E-state index in [1.54, 1.807) is 0 Å². The lowest BCUT2D eigenvalue weighted by molar-refractivity contribution is -0.144. The summed E-state index contributed by atoms with van der Waals surface area (Å²) in [5, 5.41) is 12.1. The van der Waals surface area contributed by atoms with Crippen molar-refractivity contribution in [2.45, 2.75) is 39.0 Å². The van der Waals surface area contributed by atoms with Crippen LogP contribution in [0.5, 0.6) is 0 Å². The van der Waals surface area contributed by atoms with Crippen LogP contribution >= 0.6 is 12.2 Å². The number of nitrogens with zero attached hydrogens (tertiary/aromatic N) is 1. The number of rotatable bonds is 12. The normalized spacial score (nSPS) is 18.9.